The highest BCUT2D eigenvalue weighted by atomic mass is 35.5. The summed E-state index contributed by atoms with van der Waals surface area (Å²) in [6, 6.07) is 4.44. The highest BCUT2D eigenvalue weighted by Crippen LogP contribution is 2.30. The second kappa shape index (κ2) is 3.88. The summed E-state index contributed by atoms with van der Waals surface area (Å²) < 4.78 is 31.0. The average Bonchev–Trinajstić information content (AvgIpc) is 2.01. The van der Waals surface area contributed by atoms with Crippen LogP contribution in [0.1, 0.15) is 25.3 Å². The Balaban J connectivity index is 3.52. The van der Waals surface area contributed by atoms with Gasteiger partial charge in [-0.15, -0.1) is 0 Å². The summed E-state index contributed by atoms with van der Waals surface area (Å²) >= 11 is 5.85. The van der Waals surface area contributed by atoms with Crippen LogP contribution < -0.4 is 0 Å². The average molecular weight is 235 g/mol. The Morgan fingerprint density at radius 2 is 1.93 bits per heavy atom. The van der Waals surface area contributed by atoms with E-state index in [0.29, 0.717) is 10.6 Å². The maximum Gasteiger partial charge on any atom is 0.294 e. The molecule has 0 aliphatic rings. The largest absolute Gasteiger partial charge is 0.294 e. The second-order valence-corrected chi connectivity index (χ2v) is 5.08. The van der Waals surface area contributed by atoms with E-state index in [0.717, 1.165) is 0 Å². The predicted octanol–water partition coefficient (Wildman–Crippen LogP) is 2.71. The van der Waals surface area contributed by atoms with Crippen LogP contribution in [0.25, 0.3) is 0 Å². The smallest absolute Gasteiger partial charge is 0.282 e. The molecule has 0 aliphatic heterocycles. The third kappa shape index (κ3) is 2.26. The number of halogens is 1. The van der Waals surface area contributed by atoms with Gasteiger partial charge in [-0.3, -0.25) is 4.55 Å². The van der Waals surface area contributed by atoms with Crippen LogP contribution >= 0.6 is 11.6 Å². The van der Waals surface area contributed by atoms with Crippen molar-refractivity contribution >= 4 is 21.7 Å². The zero-order chi connectivity index (χ0) is 10.9. The standard InChI is InChI=1S/C9H11ClO3S/c1-6(2)9-7(10)4-3-5-8(9)14(11,12)13/h3-6H,1-2H3,(H,11,12,13). The molecule has 0 saturated carbocycles. The maximum atomic E-state index is 11.0. The molecule has 1 aromatic rings. The van der Waals surface area contributed by atoms with E-state index in [1.165, 1.54) is 12.1 Å². The van der Waals surface area contributed by atoms with Crippen LogP contribution in [-0.2, 0) is 10.1 Å². The third-order valence-electron chi connectivity index (χ3n) is 1.87. The van der Waals surface area contributed by atoms with Gasteiger partial charge >= 0.3 is 0 Å². The van der Waals surface area contributed by atoms with Crippen molar-refractivity contribution in [2.45, 2.75) is 24.7 Å². The first-order valence-corrected chi connectivity index (χ1v) is 5.91. The van der Waals surface area contributed by atoms with E-state index in [1.54, 1.807) is 6.07 Å². The molecule has 0 amide bonds. The second-order valence-electron chi connectivity index (χ2n) is 3.28. The molecule has 78 valence electrons. The molecule has 0 fully saturated rings. The summed E-state index contributed by atoms with van der Waals surface area (Å²) in [5.41, 5.74) is 0.455. The SMILES string of the molecule is CC(C)c1c(Cl)cccc1S(=O)(=O)O. The van der Waals surface area contributed by atoms with Crippen LogP contribution in [0.2, 0.25) is 5.02 Å². The van der Waals surface area contributed by atoms with Crippen LogP contribution in [0.3, 0.4) is 0 Å². The van der Waals surface area contributed by atoms with Crippen LogP contribution in [0.4, 0.5) is 0 Å². The van der Waals surface area contributed by atoms with Crippen molar-refractivity contribution in [1.82, 2.24) is 0 Å². The number of hydrogen-bond acceptors (Lipinski definition) is 2. The zero-order valence-corrected chi connectivity index (χ0v) is 9.43. The van der Waals surface area contributed by atoms with E-state index in [2.05, 4.69) is 0 Å². The summed E-state index contributed by atoms with van der Waals surface area (Å²) in [5, 5.41) is 0.357. The Morgan fingerprint density at radius 1 is 1.36 bits per heavy atom. The fourth-order valence-electron chi connectivity index (χ4n) is 1.30. The van der Waals surface area contributed by atoms with Crippen molar-refractivity contribution in [2.24, 2.45) is 0 Å². The monoisotopic (exact) mass is 234 g/mol. The van der Waals surface area contributed by atoms with Crippen LogP contribution in [0.5, 0.6) is 0 Å². The summed E-state index contributed by atoms with van der Waals surface area (Å²) in [7, 11) is -4.19. The molecule has 0 aromatic heterocycles. The molecule has 1 N–H and O–H groups in total. The van der Waals surface area contributed by atoms with Gasteiger partial charge in [0.15, 0.2) is 0 Å². The normalized spacial score (nSPS) is 12.1. The lowest BCUT2D eigenvalue weighted by Gasteiger charge is -2.11. The zero-order valence-electron chi connectivity index (χ0n) is 7.86. The molecule has 0 heterocycles. The lowest BCUT2D eigenvalue weighted by atomic mass is 10.0. The van der Waals surface area contributed by atoms with E-state index in [9.17, 15) is 8.42 Å². The lowest BCUT2D eigenvalue weighted by Crippen LogP contribution is -2.04. The van der Waals surface area contributed by atoms with Gasteiger partial charge in [-0.05, 0) is 23.6 Å². The first-order valence-electron chi connectivity index (χ1n) is 4.10. The minimum Gasteiger partial charge on any atom is -0.282 e. The summed E-state index contributed by atoms with van der Waals surface area (Å²) in [6.07, 6.45) is 0. The molecule has 0 radical (unpaired) electrons. The molecule has 1 rings (SSSR count). The first-order chi connectivity index (χ1) is 6.34. The Hall–Kier alpha value is -0.580. The van der Waals surface area contributed by atoms with Gasteiger partial charge in [-0.1, -0.05) is 31.5 Å². The molecule has 0 saturated heterocycles. The molecule has 0 atom stereocenters. The third-order valence-corrected chi connectivity index (χ3v) is 3.11. The molecule has 1 aromatic carbocycles. The molecular formula is C9H11ClO3S. The van der Waals surface area contributed by atoms with Gasteiger partial charge in [0, 0.05) is 5.02 Å². The maximum absolute atomic E-state index is 11.0. The highest BCUT2D eigenvalue weighted by molar-refractivity contribution is 7.85. The predicted molar refractivity (Wildman–Crippen MR) is 55.4 cm³/mol. The Morgan fingerprint density at radius 3 is 2.29 bits per heavy atom. The Bertz CT molecular complexity index is 437. The molecule has 0 spiro atoms. The van der Waals surface area contributed by atoms with Gasteiger partial charge in [0.2, 0.25) is 0 Å². The van der Waals surface area contributed by atoms with Gasteiger partial charge in [0.1, 0.15) is 0 Å². The van der Waals surface area contributed by atoms with Gasteiger partial charge in [0.05, 0.1) is 4.90 Å². The van der Waals surface area contributed by atoms with Crippen LogP contribution in [-0.4, -0.2) is 13.0 Å². The summed E-state index contributed by atoms with van der Waals surface area (Å²) in [4.78, 5) is -0.111. The fraction of sp³-hybridized carbons (Fsp3) is 0.333. The fourth-order valence-corrected chi connectivity index (χ4v) is 2.63. The first kappa shape index (κ1) is 11.5. The van der Waals surface area contributed by atoms with E-state index in [4.69, 9.17) is 16.2 Å². The van der Waals surface area contributed by atoms with Crippen molar-refractivity contribution in [2.75, 3.05) is 0 Å². The minimum absolute atomic E-state index is 0.0550. The van der Waals surface area contributed by atoms with E-state index in [1.807, 2.05) is 13.8 Å². The van der Waals surface area contributed by atoms with E-state index in [-0.39, 0.29) is 10.8 Å². The molecule has 0 bridgehead atoms. The molecule has 0 aliphatic carbocycles. The molecule has 5 heteroatoms. The lowest BCUT2D eigenvalue weighted by molar-refractivity contribution is 0.481. The van der Waals surface area contributed by atoms with E-state index >= 15 is 0 Å². The number of benzene rings is 1. The van der Waals surface area contributed by atoms with Gasteiger partial charge < -0.3 is 0 Å². The number of hydrogen-bond donors (Lipinski definition) is 1. The van der Waals surface area contributed by atoms with Crippen molar-refractivity contribution in [1.29, 1.82) is 0 Å². The molecule has 3 nitrogen and oxygen atoms in total. The Labute approximate surface area is 88.5 Å². The molecule has 14 heavy (non-hydrogen) atoms. The minimum atomic E-state index is -4.19. The van der Waals surface area contributed by atoms with Crippen LogP contribution in [0.15, 0.2) is 23.1 Å². The Kier molecular flexibility index (Phi) is 3.19. The van der Waals surface area contributed by atoms with Crippen LogP contribution in [0, 0.1) is 0 Å². The van der Waals surface area contributed by atoms with Crippen molar-refractivity contribution in [3.05, 3.63) is 28.8 Å². The van der Waals surface area contributed by atoms with Gasteiger partial charge in [-0.25, -0.2) is 0 Å². The van der Waals surface area contributed by atoms with Crippen molar-refractivity contribution < 1.29 is 13.0 Å². The number of rotatable bonds is 2. The topological polar surface area (TPSA) is 54.4 Å². The summed E-state index contributed by atoms with van der Waals surface area (Å²) in [6.45, 7) is 3.63. The quantitative estimate of drug-likeness (QED) is 0.801. The van der Waals surface area contributed by atoms with Crippen molar-refractivity contribution in [3.63, 3.8) is 0 Å². The summed E-state index contributed by atoms with van der Waals surface area (Å²) in [5.74, 6) is -0.0550. The van der Waals surface area contributed by atoms with Crippen molar-refractivity contribution in [3.8, 4) is 0 Å². The van der Waals surface area contributed by atoms with Gasteiger partial charge in [-0.2, -0.15) is 8.42 Å². The highest BCUT2D eigenvalue weighted by Gasteiger charge is 2.19. The molecule has 0 unspecified atom stereocenters. The van der Waals surface area contributed by atoms with Gasteiger partial charge in [0.25, 0.3) is 10.1 Å². The van der Waals surface area contributed by atoms with E-state index < -0.39 is 10.1 Å². The molecular weight excluding hydrogens is 224 g/mol.